The van der Waals surface area contributed by atoms with Crippen LogP contribution in [0, 0.1) is 0 Å². The second-order valence-electron chi connectivity index (χ2n) is 7.37. The van der Waals surface area contributed by atoms with Crippen LogP contribution in [0.25, 0.3) is 11.3 Å². The third kappa shape index (κ3) is 3.42. The molecule has 2 aromatic rings. The van der Waals surface area contributed by atoms with E-state index in [0.29, 0.717) is 0 Å². The summed E-state index contributed by atoms with van der Waals surface area (Å²) in [6.45, 7) is 8.24. The highest BCUT2D eigenvalue weighted by molar-refractivity contribution is 7.92. The molecule has 0 spiro atoms. The molecule has 1 aliphatic rings. The lowest BCUT2D eigenvalue weighted by Gasteiger charge is -2.21. The first kappa shape index (κ1) is 17.2. The minimum Gasteiger partial charge on any atom is -0.357 e. The van der Waals surface area contributed by atoms with Crippen LogP contribution in [-0.2, 0) is 16.4 Å². The van der Waals surface area contributed by atoms with Gasteiger partial charge in [0, 0.05) is 22.5 Å². The topological polar surface area (TPSA) is 62.3 Å². The Balaban J connectivity index is 1.92. The van der Waals surface area contributed by atoms with Crippen molar-refractivity contribution < 1.29 is 8.42 Å². The number of nitrogens with zero attached hydrogens (tertiary/aromatic N) is 2. The molecule has 0 saturated carbocycles. The van der Waals surface area contributed by atoms with Crippen molar-refractivity contribution in [2.45, 2.75) is 45.7 Å². The van der Waals surface area contributed by atoms with Gasteiger partial charge in [-0.1, -0.05) is 6.07 Å². The quantitative estimate of drug-likeness (QED) is 0.900. The molecule has 1 N–H and O–H groups in total. The number of thiazole rings is 1. The van der Waals surface area contributed by atoms with E-state index < -0.39 is 10.0 Å². The van der Waals surface area contributed by atoms with Gasteiger partial charge in [0.1, 0.15) is 0 Å². The summed E-state index contributed by atoms with van der Waals surface area (Å²) >= 11 is 1.58. The number of nitrogens with one attached hydrogen (secondary N) is 1. The second-order valence-corrected chi connectivity index (χ2v) is 10.1. The van der Waals surface area contributed by atoms with Crippen LogP contribution < -0.4 is 9.62 Å². The molecule has 2 heterocycles. The van der Waals surface area contributed by atoms with E-state index in [4.69, 9.17) is 0 Å². The Hall–Kier alpha value is -1.60. The summed E-state index contributed by atoms with van der Waals surface area (Å²) in [4.78, 5) is 4.65. The Morgan fingerprint density at radius 3 is 2.67 bits per heavy atom. The van der Waals surface area contributed by atoms with E-state index in [9.17, 15) is 8.42 Å². The van der Waals surface area contributed by atoms with Crippen molar-refractivity contribution in [3.8, 4) is 11.3 Å². The van der Waals surface area contributed by atoms with Crippen LogP contribution in [0.5, 0.6) is 0 Å². The number of hydrogen-bond acceptors (Lipinski definition) is 5. The summed E-state index contributed by atoms with van der Waals surface area (Å²) in [5.74, 6) is 0. The molecular weight excluding hydrogens is 342 g/mol. The SMILES string of the molecule is C[C@H]1Cc2cc(-c3csc(NC(C)(C)C)n3)ccc2N1S(C)(=O)=O. The Bertz CT molecular complexity index is 866. The molecule has 1 aromatic heterocycles. The van der Waals surface area contributed by atoms with Crippen molar-refractivity contribution in [3.05, 3.63) is 29.1 Å². The van der Waals surface area contributed by atoms with Crippen LogP contribution in [0.3, 0.4) is 0 Å². The van der Waals surface area contributed by atoms with Gasteiger partial charge < -0.3 is 5.32 Å². The van der Waals surface area contributed by atoms with Crippen molar-refractivity contribution in [2.24, 2.45) is 0 Å². The van der Waals surface area contributed by atoms with Crippen LogP contribution in [0.4, 0.5) is 10.8 Å². The monoisotopic (exact) mass is 365 g/mol. The molecule has 0 radical (unpaired) electrons. The number of hydrogen-bond donors (Lipinski definition) is 1. The fraction of sp³-hybridized carbons (Fsp3) is 0.471. The number of benzene rings is 1. The number of rotatable bonds is 3. The highest BCUT2D eigenvalue weighted by Gasteiger charge is 2.32. The Kier molecular flexibility index (Phi) is 4.12. The zero-order valence-electron chi connectivity index (χ0n) is 14.6. The molecule has 130 valence electrons. The number of fused-ring (bicyclic) bond motifs is 1. The third-order valence-corrected chi connectivity index (χ3v) is 5.90. The maximum absolute atomic E-state index is 12.0. The molecule has 3 rings (SSSR count). The molecule has 7 heteroatoms. The van der Waals surface area contributed by atoms with E-state index in [2.05, 4.69) is 37.1 Å². The van der Waals surface area contributed by atoms with Gasteiger partial charge in [0.15, 0.2) is 5.13 Å². The molecule has 5 nitrogen and oxygen atoms in total. The molecular formula is C17H23N3O2S2. The van der Waals surface area contributed by atoms with Crippen molar-refractivity contribution in [3.63, 3.8) is 0 Å². The predicted octanol–water partition coefficient (Wildman–Crippen LogP) is 3.73. The average molecular weight is 366 g/mol. The lowest BCUT2D eigenvalue weighted by Crippen LogP contribution is -2.34. The Labute approximate surface area is 147 Å². The summed E-state index contributed by atoms with van der Waals surface area (Å²) in [5, 5.41) is 6.30. The zero-order valence-corrected chi connectivity index (χ0v) is 16.3. The van der Waals surface area contributed by atoms with Crippen LogP contribution in [-0.4, -0.2) is 31.2 Å². The van der Waals surface area contributed by atoms with E-state index in [1.165, 1.54) is 10.6 Å². The van der Waals surface area contributed by atoms with Crippen LogP contribution >= 0.6 is 11.3 Å². The smallest absolute Gasteiger partial charge is 0.232 e. The highest BCUT2D eigenvalue weighted by Crippen LogP contribution is 2.37. The van der Waals surface area contributed by atoms with Crippen LogP contribution in [0.2, 0.25) is 0 Å². The van der Waals surface area contributed by atoms with Crippen LogP contribution in [0.1, 0.15) is 33.3 Å². The van der Waals surface area contributed by atoms with Gasteiger partial charge in [-0.2, -0.15) is 0 Å². The number of aromatic nitrogens is 1. The third-order valence-electron chi connectivity index (χ3n) is 3.87. The molecule has 0 unspecified atom stereocenters. The van der Waals surface area contributed by atoms with Crippen molar-refractivity contribution in [1.82, 2.24) is 4.98 Å². The first-order valence-electron chi connectivity index (χ1n) is 7.91. The van der Waals surface area contributed by atoms with E-state index in [-0.39, 0.29) is 11.6 Å². The standard InChI is InChI=1S/C17H23N3O2S2/c1-11-8-13-9-12(6-7-15(13)20(11)24(5,21)22)14-10-23-16(18-14)19-17(2,3)4/h6-7,9-11H,8H2,1-5H3,(H,18,19)/t11-/m0/s1. The molecule has 1 aromatic carbocycles. The van der Waals surface area contributed by atoms with Crippen LogP contribution in [0.15, 0.2) is 23.6 Å². The lowest BCUT2D eigenvalue weighted by atomic mass is 10.1. The lowest BCUT2D eigenvalue weighted by molar-refractivity contribution is 0.590. The van der Waals surface area contributed by atoms with Gasteiger partial charge in [0.25, 0.3) is 0 Å². The van der Waals surface area contributed by atoms with Gasteiger partial charge in [-0.15, -0.1) is 11.3 Å². The van der Waals surface area contributed by atoms with E-state index in [1.54, 1.807) is 11.3 Å². The molecule has 1 atom stereocenters. The molecule has 0 fully saturated rings. The second kappa shape index (κ2) is 5.74. The Morgan fingerprint density at radius 2 is 2.04 bits per heavy atom. The fourth-order valence-electron chi connectivity index (χ4n) is 3.05. The van der Waals surface area contributed by atoms with E-state index >= 15 is 0 Å². The van der Waals surface area contributed by atoms with Crippen molar-refractivity contribution in [1.29, 1.82) is 0 Å². The maximum atomic E-state index is 12.0. The van der Waals surface area contributed by atoms with Gasteiger partial charge in [-0.3, -0.25) is 4.31 Å². The molecule has 0 bridgehead atoms. The molecule has 0 saturated heterocycles. The minimum absolute atomic E-state index is 0.0293. The summed E-state index contributed by atoms with van der Waals surface area (Å²) < 4.78 is 25.5. The summed E-state index contributed by atoms with van der Waals surface area (Å²) in [7, 11) is -3.25. The highest BCUT2D eigenvalue weighted by atomic mass is 32.2. The number of anilines is 2. The molecule has 0 aliphatic carbocycles. The van der Waals surface area contributed by atoms with Crippen molar-refractivity contribution >= 4 is 32.2 Å². The van der Waals surface area contributed by atoms with Gasteiger partial charge in [0.2, 0.25) is 10.0 Å². The number of sulfonamides is 1. The Morgan fingerprint density at radius 1 is 1.33 bits per heavy atom. The normalized spacial score (nSPS) is 17.9. The average Bonchev–Trinajstić information content (AvgIpc) is 2.98. The zero-order chi connectivity index (χ0) is 17.7. The molecule has 0 amide bonds. The van der Waals surface area contributed by atoms with E-state index in [1.807, 2.05) is 24.4 Å². The minimum atomic E-state index is -3.25. The first-order valence-corrected chi connectivity index (χ1v) is 10.6. The summed E-state index contributed by atoms with van der Waals surface area (Å²) in [6.07, 6.45) is 1.99. The fourth-order valence-corrected chi connectivity index (χ4v) is 5.24. The largest absolute Gasteiger partial charge is 0.357 e. The van der Waals surface area contributed by atoms with Gasteiger partial charge >= 0.3 is 0 Å². The van der Waals surface area contributed by atoms with E-state index in [0.717, 1.165) is 34.1 Å². The molecule has 1 aliphatic heterocycles. The summed E-state index contributed by atoms with van der Waals surface area (Å²) in [5.41, 5.74) is 3.76. The van der Waals surface area contributed by atoms with Gasteiger partial charge in [-0.05, 0) is 51.8 Å². The first-order chi connectivity index (χ1) is 11.0. The molecule has 24 heavy (non-hydrogen) atoms. The predicted molar refractivity (Wildman–Crippen MR) is 101 cm³/mol. The summed E-state index contributed by atoms with van der Waals surface area (Å²) in [6, 6.07) is 5.86. The maximum Gasteiger partial charge on any atom is 0.232 e. The van der Waals surface area contributed by atoms with Crippen molar-refractivity contribution in [2.75, 3.05) is 15.9 Å². The van der Waals surface area contributed by atoms with Gasteiger partial charge in [-0.25, -0.2) is 13.4 Å². The van der Waals surface area contributed by atoms with Gasteiger partial charge in [0.05, 0.1) is 17.6 Å².